The zero-order valence-corrected chi connectivity index (χ0v) is 31.9. The lowest BCUT2D eigenvalue weighted by Crippen LogP contribution is -2.51. The van der Waals surface area contributed by atoms with E-state index >= 15 is 8.78 Å². The lowest BCUT2D eigenvalue weighted by molar-refractivity contribution is 0.291. The summed E-state index contributed by atoms with van der Waals surface area (Å²) < 4.78 is 39.7. The second kappa shape index (κ2) is 14.0. The third-order valence-corrected chi connectivity index (χ3v) is 17.5. The zero-order valence-electron chi connectivity index (χ0n) is 30.9. The molecule has 11 heteroatoms. The van der Waals surface area contributed by atoms with Crippen LogP contribution in [-0.2, 0) is 6.61 Å². The Morgan fingerprint density at radius 2 is 1.63 bits per heavy atom. The van der Waals surface area contributed by atoms with Crippen LogP contribution in [0.25, 0.3) is 32.8 Å². The molecule has 5 heterocycles. The predicted molar refractivity (Wildman–Crippen MR) is 205 cm³/mol. The number of benzene rings is 2. The van der Waals surface area contributed by atoms with E-state index in [4.69, 9.17) is 14.7 Å². The average Bonchev–Trinajstić information content (AvgIpc) is 3.45. The van der Waals surface area contributed by atoms with Crippen molar-refractivity contribution >= 4 is 35.4 Å². The van der Waals surface area contributed by atoms with Crippen LogP contribution in [0.15, 0.2) is 49.2 Å². The smallest absolute Gasteiger partial charge is 0.219 e. The molecule has 7 rings (SSSR count). The quantitative estimate of drug-likeness (QED) is 0.122. The van der Waals surface area contributed by atoms with E-state index in [0.29, 0.717) is 67.5 Å². The van der Waals surface area contributed by atoms with Crippen molar-refractivity contribution in [2.24, 2.45) is 0 Å². The molecule has 8 nitrogen and oxygen atoms in total. The summed E-state index contributed by atoms with van der Waals surface area (Å²) in [5.41, 5.74) is 6.36. The monoisotopic (exact) mass is 720 g/mol. The number of rotatable bonds is 8. The van der Waals surface area contributed by atoms with Gasteiger partial charge in [-0.3, -0.25) is 4.98 Å². The van der Waals surface area contributed by atoms with E-state index in [9.17, 15) is 5.11 Å². The molecule has 270 valence electrons. The Bertz CT molecular complexity index is 2190. The Morgan fingerprint density at radius 1 is 0.962 bits per heavy atom. The fraction of sp³-hybridized carbons (Fsp3) is 0.415. The van der Waals surface area contributed by atoms with Crippen LogP contribution in [0.4, 0.5) is 14.6 Å². The fourth-order valence-electron chi connectivity index (χ4n) is 8.80. The predicted octanol–water partition coefficient (Wildman–Crippen LogP) is 8.62. The summed E-state index contributed by atoms with van der Waals surface area (Å²) in [6, 6.07) is 6.62. The van der Waals surface area contributed by atoms with E-state index in [1.165, 1.54) is 18.5 Å². The summed E-state index contributed by atoms with van der Waals surface area (Å²) in [4.78, 5) is 20.1. The lowest BCUT2D eigenvalue weighted by atomic mass is 9.95. The first kappa shape index (κ1) is 35.7. The van der Waals surface area contributed by atoms with Gasteiger partial charge in [0.15, 0.2) is 5.82 Å². The molecule has 0 saturated carbocycles. The number of hydrogen-bond acceptors (Lipinski definition) is 8. The molecule has 0 spiro atoms. The van der Waals surface area contributed by atoms with Crippen LogP contribution < -0.4 is 15.0 Å². The van der Waals surface area contributed by atoms with Gasteiger partial charge in [0.25, 0.3) is 0 Å². The van der Waals surface area contributed by atoms with Crippen LogP contribution >= 0.6 is 0 Å². The number of piperazine rings is 1. The molecule has 5 aromatic rings. The minimum absolute atomic E-state index is 0.00910. The van der Waals surface area contributed by atoms with Gasteiger partial charge in [-0.2, -0.15) is 4.98 Å². The molecule has 2 atom stereocenters. The summed E-state index contributed by atoms with van der Waals surface area (Å²) in [7, 11) is -2.25. The number of aromatic nitrogens is 4. The molecule has 2 aromatic carbocycles. The molecular weight excluding hydrogens is 675 g/mol. The van der Waals surface area contributed by atoms with Gasteiger partial charge in [-0.15, -0.1) is 5.54 Å². The molecule has 0 radical (unpaired) electrons. The lowest BCUT2D eigenvalue weighted by Gasteiger charge is -2.38. The zero-order chi connectivity index (χ0) is 36.9. The third-order valence-electron chi connectivity index (χ3n) is 11.2. The van der Waals surface area contributed by atoms with Crippen molar-refractivity contribution in [1.29, 1.82) is 0 Å². The summed E-state index contributed by atoms with van der Waals surface area (Å²) in [5, 5.41) is 16.4. The van der Waals surface area contributed by atoms with Crippen LogP contribution in [0.5, 0.6) is 11.6 Å². The Labute approximate surface area is 305 Å². The van der Waals surface area contributed by atoms with Gasteiger partial charge < -0.3 is 20.1 Å². The average molecular weight is 721 g/mol. The van der Waals surface area contributed by atoms with Crippen molar-refractivity contribution in [3.63, 3.8) is 0 Å². The molecular formula is C41H46F2N6O2Si. The van der Waals surface area contributed by atoms with E-state index in [-0.39, 0.29) is 29.2 Å². The highest BCUT2D eigenvalue weighted by Crippen LogP contribution is 2.43. The van der Waals surface area contributed by atoms with Crippen molar-refractivity contribution in [1.82, 2.24) is 25.3 Å². The van der Waals surface area contributed by atoms with Gasteiger partial charge in [0.1, 0.15) is 44.1 Å². The maximum atomic E-state index is 17.5. The van der Waals surface area contributed by atoms with E-state index < -0.39 is 19.7 Å². The molecule has 0 unspecified atom stereocenters. The molecule has 2 aliphatic rings. The molecule has 2 saturated heterocycles. The van der Waals surface area contributed by atoms with Gasteiger partial charge in [-0.1, -0.05) is 53.5 Å². The van der Waals surface area contributed by atoms with Crippen LogP contribution in [0.1, 0.15) is 71.1 Å². The van der Waals surface area contributed by atoms with Crippen molar-refractivity contribution < 1.29 is 18.6 Å². The molecule has 2 aliphatic heterocycles. The van der Waals surface area contributed by atoms with E-state index in [1.807, 2.05) is 0 Å². The number of ether oxygens (including phenoxy) is 1. The molecule has 3 aromatic heterocycles. The third kappa shape index (κ3) is 6.26. The Balaban J connectivity index is 1.45. The molecule has 2 fully saturated rings. The number of phenolic OH excluding ortho intramolecular Hbond substituents is 1. The van der Waals surface area contributed by atoms with Crippen LogP contribution in [0.3, 0.4) is 0 Å². The number of halogens is 2. The van der Waals surface area contributed by atoms with E-state index in [1.54, 1.807) is 37.6 Å². The van der Waals surface area contributed by atoms with Gasteiger partial charge >= 0.3 is 0 Å². The SMILES string of the molecule is Cc1c(OCc2cncnc2)nc(N2C[C@H]3CC[C@@H](C2)N3)c2cnc(-c3cc(O)cc4ccc(F)c(C#C[Si](C(C)C)(C(C)C)C(C)C)c34)c(F)c12. The number of fused-ring (bicyclic) bond motifs is 4. The van der Waals surface area contributed by atoms with Crippen LogP contribution in [-0.4, -0.2) is 58.3 Å². The topological polar surface area (TPSA) is 96.3 Å². The van der Waals surface area contributed by atoms with Gasteiger partial charge in [-0.05, 0) is 60.0 Å². The molecule has 52 heavy (non-hydrogen) atoms. The summed E-state index contributed by atoms with van der Waals surface area (Å²) in [6.45, 7) is 16.6. The fourth-order valence-corrected chi connectivity index (χ4v) is 14.0. The van der Waals surface area contributed by atoms with Crippen LogP contribution in [0.2, 0.25) is 16.6 Å². The van der Waals surface area contributed by atoms with Crippen LogP contribution in [0, 0.1) is 30.0 Å². The van der Waals surface area contributed by atoms with Crippen molar-refractivity contribution in [2.45, 2.75) is 96.6 Å². The number of aromatic hydroxyl groups is 1. The highest BCUT2D eigenvalue weighted by molar-refractivity contribution is 6.90. The Morgan fingerprint density at radius 3 is 2.29 bits per heavy atom. The van der Waals surface area contributed by atoms with Gasteiger partial charge in [0.2, 0.25) is 5.88 Å². The van der Waals surface area contributed by atoms with E-state index in [2.05, 4.69) is 73.2 Å². The number of anilines is 1. The number of aryl methyl sites for hydroxylation is 1. The second-order valence-corrected chi connectivity index (χ2v) is 20.9. The number of nitrogens with zero attached hydrogens (tertiary/aromatic N) is 5. The minimum Gasteiger partial charge on any atom is -0.508 e. The highest BCUT2D eigenvalue weighted by atomic mass is 28.3. The first-order chi connectivity index (χ1) is 24.9. The normalized spacial score (nSPS) is 17.4. The Hall–Kier alpha value is -4.66. The first-order valence-corrected chi connectivity index (χ1v) is 20.5. The molecule has 0 aliphatic carbocycles. The van der Waals surface area contributed by atoms with Crippen molar-refractivity contribution in [3.8, 4) is 34.4 Å². The second-order valence-electron chi connectivity index (χ2n) is 15.3. The Kier molecular flexibility index (Phi) is 9.65. The number of pyridine rings is 2. The maximum absolute atomic E-state index is 17.5. The molecule has 2 N–H and O–H groups in total. The minimum atomic E-state index is -2.25. The van der Waals surface area contributed by atoms with Crippen molar-refractivity contribution in [3.05, 3.63) is 77.5 Å². The van der Waals surface area contributed by atoms with E-state index in [0.717, 1.165) is 31.5 Å². The highest BCUT2D eigenvalue weighted by Gasteiger charge is 2.42. The molecule has 0 amide bonds. The maximum Gasteiger partial charge on any atom is 0.219 e. The van der Waals surface area contributed by atoms with Crippen molar-refractivity contribution in [2.75, 3.05) is 18.0 Å². The standard InChI is InChI=1S/C41H46F2N6O2Si/c1-23(2)52(24(3)4,25(5)6)13-12-32-35(42)11-8-28-14-31(50)15-33(37(28)32)39-38(43)36-26(7)41(51-21-27-16-44-22-45-17-27)48-40(34(36)18-46-39)49-19-29-9-10-30(20-49)47-29/h8,11,14-18,22-25,29-30,47,50H,9-10,19-21H2,1-7H3/t29-,30+. The summed E-state index contributed by atoms with van der Waals surface area (Å²) in [5.74, 6) is 3.02. The number of hydrogen-bond donors (Lipinski definition) is 2. The summed E-state index contributed by atoms with van der Waals surface area (Å²) in [6.07, 6.45) is 8.58. The first-order valence-electron chi connectivity index (χ1n) is 18.2. The number of nitrogens with one attached hydrogen (secondary N) is 1. The van der Waals surface area contributed by atoms with Gasteiger partial charge in [0.05, 0.1) is 5.56 Å². The number of phenols is 1. The van der Waals surface area contributed by atoms with Gasteiger partial charge in [0, 0.05) is 76.6 Å². The van der Waals surface area contributed by atoms with Gasteiger partial charge in [-0.25, -0.2) is 18.7 Å². The summed E-state index contributed by atoms with van der Waals surface area (Å²) >= 11 is 0. The largest absolute Gasteiger partial charge is 0.508 e. The molecule has 2 bridgehead atoms.